The summed E-state index contributed by atoms with van der Waals surface area (Å²) in [5.74, 6) is 1.80. The molecule has 2 heterocycles. The summed E-state index contributed by atoms with van der Waals surface area (Å²) in [6.07, 6.45) is 4.37. The number of nitrogens with zero attached hydrogens (tertiary/aromatic N) is 3. The highest BCUT2D eigenvalue weighted by atomic mass is 32.2. The van der Waals surface area contributed by atoms with E-state index < -0.39 is 10.0 Å². The van der Waals surface area contributed by atoms with E-state index in [2.05, 4.69) is 19.5 Å². The second kappa shape index (κ2) is 7.39. The van der Waals surface area contributed by atoms with Crippen LogP contribution in [0.4, 0.5) is 5.69 Å². The molecule has 6 nitrogen and oxygen atoms in total. The number of anilines is 1. The lowest BCUT2D eigenvalue weighted by Gasteiger charge is -2.11. The molecule has 7 heteroatoms. The molecule has 0 unspecified atom stereocenters. The first-order chi connectivity index (χ1) is 13.4. The van der Waals surface area contributed by atoms with Crippen LogP contribution >= 0.6 is 0 Å². The highest BCUT2D eigenvalue weighted by molar-refractivity contribution is 7.92. The molecular formula is C21H24N4O2S. The Hall–Kier alpha value is -2.67. The van der Waals surface area contributed by atoms with E-state index in [4.69, 9.17) is 0 Å². The van der Waals surface area contributed by atoms with E-state index in [0.29, 0.717) is 5.69 Å². The Morgan fingerprint density at radius 2 is 1.82 bits per heavy atom. The molecule has 0 saturated carbocycles. The molecular weight excluding hydrogens is 372 g/mol. The quantitative estimate of drug-likeness (QED) is 0.721. The maximum Gasteiger partial charge on any atom is 0.261 e. The highest BCUT2D eigenvalue weighted by Crippen LogP contribution is 2.26. The maximum absolute atomic E-state index is 12.8. The predicted molar refractivity (Wildman–Crippen MR) is 110 cm³/mol. The Kier molecular flexibility index (Phi) is 4.93. The molecule has 0 saturated heterocycles. The van der Waals surface area contributed by atoms with Crippen molar-refractivity contribution in [3.05, 3.63) is 59.4 Å². The van der Waals surface area contributed by atoms with Gasteiger partial charge in [0.25, 0.3) is 10.0 Å². The summed E-state index contributed by atoms with van der Waals surface area (Å²) in [7, 11) is -3.65. The van der Waals surface area contributed by atoms with Crippen molar-refractivity contribution < 1.29 is 8.42 Å². The summed E-state index contributed by atoms with van der Waals surface area (Å²) in [5.41, 5.74) is 3.39. The minimum absolute atomic E-state index is 0.261. The van der Waals surface area contributed by atoms with Gasteiger partial charge in [0.2, 0.25) is 0 Å². The standard InChI is InChI=1S/C21H24N4O2S/c1-15-10-11-19(13-16(15)2)28(26,27)24-18-8-6-7-17(14-18)21-23-22-20-9-4-3-5-12-25(20)21/h6-8,10-11,13-14,24H,3-5,9,12H2,1-2H3. The Morgan fingerprint density at radius 1 is 0.964 bits per heavy atom. The lowest BCUT2D eigenvalue weighted by molar-refractivity contribution is 0.601. The first kappa shape index (κ1) is 18.7. The molecule has 3 aromatic rings. The number of aryl methyl sites for hydroxylation is 3. The Morgan fingerprint density at radius 3 is 2.64 bits per heavy atom. The van der Waals surface area contributed by atoms with Crippen LogP contribution < -0.4 is 4.72 Å². The van der Waals surface area contributed by atoms with Crippen molar-refractivity contribution in [2.45, 2.75) is 51.0 Å². The number of nitrogens with one attached hydrogen (secondary N) is 1. The van der Waals surface area contributed by atoms with Crippen LogP contribution in [0.2, 0.25) is 0 Å². The fourth-order valence-corrected chi connectivity index (χ4v) is 4.65. The van der Waals surface area contributed by atoms with E-state index in [1.807, 2.05) is 38.1 Å². The van der Waals surface area contributed by atoms with Gasteiger partial charge in [0.1, 0.15) is 5.82 Å². The molecule has 0 atom stereocenters. The van der Waals surface area contributed by atoms with Crippen LogP contribution in [0, 0.1) is 13.8 Å². The van der Waals surface area contributed by atoms with Crippen molar-refractivity contribution in [3.63, 3.8) is 0 Å². The van der Waals surface area contributed by atoms with Gasteiger partial charge in [-0.3, -0.25) is 4.72 Å². The van der Waals surface area contributed by atoms with Gasteiger partial charge in [0.05, 0.1) is 4.90 Å². The summed E-state index contributed by atoms with van der Waals surface area (Å²) < 4.78 is 30.4. The van der Waals surface area contributed by atoms with E-state index in [1.54, 1.807) is 18.2 Å². The van der Waals surface area contributed by atoms with Gasteiger partial charge in [-0.2, -0.15) is 0 Å². The van der Waals surface area contributed by atoms with Crippen LogP contribution in [0.25, 0.3) is 11.4 Å². The molecule has 0 fully saturated rings. The number of sulfonamides is 1. The summed E-state index contributed by atoms with van der Waals surface area (Å²) in [5, 5.41) is 8.70. The first-order valence-electron chi connectivity index (χ1n) is 9.57. The fourth-order valence-electron chi connectivity index (χ4n) is 3.52. The largest absolute Gasteiger partial charge is 0.311 e. The zero-order valence-electron chi connectivity index (χ0n) is 16.1. The second-order valence-electron chi connectivity index (χ2n) is 7.33. The Labute approximate surface area is 165 Å². The molecule has 1 N–H and O–H groups in total. The Bertz CT molecular complexity index is 1120. The average Bonchev–Trinajstić information content (AvgIpc) is 2.92. The highest BCUT2D eigenvalue weighted by Gasteiger charge is 2.18. The molecule has 0 amide bonds. The minimum atomic E-state index is -3.65. The number of rotatable bonds is 4. The summed E-state index contributed by atoms with van der Waals surface area (Å²) in [4.78, 5) is 0.261. The van der Waals surface area contributed by atoms with Crippen LogP contribution in [0.1, 0.15) is 36.2 Å². The lowest BCUT2D eigenvalue weighted by atomic mass is 10.1. The first-order valence-corrected chi connectivity index (χ1v) is 11.0. The zero-order chi connectivity index (χ0) is 19.7. The van der Waals surface area contributed by atoms with Crippen LogP contribution in [-0.4, -0.2) is 23.2 Å². The van der Waals surface area contributed by atoms with E-state index in [-0.39, 0.29) is 4.90 Å². The monoisotopic (exact) mass is 396 g/mol. The molecule has 4 rings (SSSR count). The van der Waals surface area contributed by atoms with Crippen molar-refractivity contribution in [2.24, 2.45) is 0 Å². The van der Waals surface area contributed by atoms with Crippen molar-refractivity contribution in [1.82, 2.24) is 14.8 Å². The van der Waals surface area contributed by atoms with E-state index in [0.717, 1.165) is 54.1 Å². The lowest BCUT2D eigenvalue weighted by Crippen LogP contribution is -2.13. The third-order valence-corrected chi connectivity index (χ3v) is 6.65. The van der Waals surface area contributed by atoms with Gasteiger partial charge in [-0.1, -0.05) is 24.6 Å². The molecule has 0 radical (unpaired) electrons. The number of benzene rings is 2. The van der Waals surface area contributed by atoms with Crippen LogP contribution in [-0.2, 0) is 23.0 Å². The molecule has 1 aromatic heterocycles. The van der Waals surface area contributed by atoms with E-state index in [9.17, 15) is 8.42 Å². The molecule has 0 spiro atoms. The van der Waals surface area contributed by atoms with E-state index in [1.165, 1.54) is 6.42 Å². The van der Waals surface area contributed by atoms with Crippen molar-refractivity contribution >= 4 is 15.7 Å². The SMILES string of the molecule is Cc1ccc(S(=O)(=O)Nc2cccc(-c3nnc4n3CCCCC4)c2)cc1C. The topological polar surface area (TPSA) is 76.9 Å². The number of hydrogen-bond donors (Lipinski definition) is 1. The van der Waals surface area contributed by atoms with Gasteiger partial charge < -0.3 is 4.57 Å². The van der Waals surface area contributed by atoms with Gasteiger partial charge >= 0.3 is 0 Å². The van der Waals surface area contributed by atoms with Crippen LogP contribution in [0.15, 0.2) is 47.4 Å². The summed E-state index contributed by atoms with van der Waals surface area (Å²) in [6.45, 7) is 4.77. The van der Waals surface area contributed by atoms with Gasteiger partial charge in [0, 0.05) is 24.2 Å². The maximum atomic E-state index is 12.8. The smallest absolute Gasteiger partial charge is 0.261 e. The van der Waals surface area contributed by atoms with Gasteiger partial charge in [-0.25, -0.2) is 8.42 Å². The van der Waals surface area contributed by atoms with Crippen LogP contribution in [0.5, 0.6) is 0 Å². The van der Waals surface area contributed by atoms with Crippen LogP contribution in [0.3, 0.4) is 0 Å². The second-order valence-corrected chi connectivity index (χ2v) is 9.02. The third kappa shape index (κ3) is 3.67. The van der Waals surface area contributed by atoms with Gasteiger partial charge in [0.15, 0.2) is 5.82 Å². The Balaban J connectivity index is 1.64. The number of aromatic nitrogens is 3. The molecule has 1 aliphatic rings. The van der Waals surface area contributed by atoms with Gasteiger partial charge in [-0.15, -0.1) is 10.2 Å². The molecule has 0 aliphatic carbocycles. The zero-order valence-corrected chi connectivity index (χ0v) is 17.0. The third-order valence-electron chi connectivity index (χ3n) is 5.27. The van der Waals surface area contributed by atoms with Crippen molar-refractivity contribution in [3.8, 4) is 11.4 Å². The average molecular weight is 397 g/mol. The summed E-state index contributed by atoms with van der Waals surface area (Å²) in [6, 6.07) is 12.5. The molecule has 146 valence electrons. The predicted octanol–water partition coefficient (Wildman–Crippen LogP) is 4.09. The van der Waals surface area contributed by atoms with Crippen molar-refractivity contribution in [2.75, 3.05) is 4.72 Å². The molecule has 0 bridgehead atoms. The molecule has 1 aliphatic heterocycles. The summed E-state index contributed by atoms with van der Waals surface area (Å²) >= 11 is 0. The van der Waals surface area contributed by atoms with E-state index >= 15 is 0 Å². The minimum Gasteiger partial charge on any atom is -0.311 e. The number of hydrogen-bond acceptors (Lipinski definition) is 4. The van der Waals surface area contributed by atoms with Crippen molar-refractivity contribution in [1.29, 1.82) is 0 Å². The van der Waals surface area contributed by atoms with Gasteiger partial charge in [-0.05, 0) is 62.1 Å². The fraction of sp³-hybridized carbons (Fsp3) is 0.333. The number of fused-ring (bicyclic) bond motifs is 1. The molecule has 28 heavy (non-hydrogen) atoms. The molecule has 2 aromatic carbocycles. The normalized spacial score (nSPS) is 14.4.